The van der Waals surface area contributed by atoms with Crippen LogP contribution in [-0.2, 0) is 0 Å². The van der Waals surface area contributed by atoms with Crippen LogP contribution in [0.4, 0.5) is 5.69 Å². The van der Waals surface area contributed by atoms with Crippen molar-refractivity contribution in [3.8, 4) is 0 Å². The van der Waals surface area contributed by atoms with Gasteiger partial charge in [-0.1, -0.05) is 5.22 Å². The summed E-state index contributed by atoms with van der Waals surface area (Å²) in [5, 5.41) is 10.4. The molecule has 2 rings (SSSR count). The van der Waals surface area contributed by atoms with Crippen molar-refractivity contribution in [3.05, 3.63) is 29.8 Å². The summed E-state index contributed by atoms with van der Waals surface area (Å²) in [5.74, 6) is 0.0672. The summed E-state index contributed by atoms with van der Waals surface area (Å²) in [4.78, 5) is 13.4. The molecule has 0 spiro atoms. The fourth-order valence-electron chi connectivity index (χ4n) is 1.76. The Morgan fingerprint density at radius 2 is 1.72 bits per heavy atom. The minimum absolute atomic E-state index is 0.0672. The summed E-state index contributed by atoms with van der Waals surface area (Å²) in [5.41, 5.74) is 1.48. The van der Waals surface area contributed by atoms with Crippen molar-refractivity contribution in [1.82, 2.24) is 9.91 Å². The summed E-state index contributed by atoms with van der Waals surface area (Å²) in [7, 11) is 2.11. The Hall–Kier alpha value is -1.75. The van der Waals surface area contributed by atoms with E-state index in [0.29, 0.717) is 5.56 Å². The number of benzene rings is 1. The van der Waals surface area contributed by atoms with Gasteiger partial charge in [0.25, 0.3) is 0 Å². The fourth-order valence-corrected chi connectivity index (χ4v) is 1.76. The highest BCUT2D eigenvalue weighted by atomic mass is 16.1. The maximum Gasteiger partial charge on any atom is 0.159 e. The van der Waals surface area contributed by atoms with Crippen molar-refractivity contribution >= 4 is 11.5 Å². The van der Waals surface area contributed by atoms with E-state index in [9.17, 15) is 4.79 Å². The van der Waals surface area contributed by atoms with E-state index < -0.39 is 0 Å². The average molecular weight is 246 g/mol. The molecule has 1 aromatic rings. The van der Waals surface area contributed by atoms with Crippen LogP contribution in [0.5, 0.6) is 0 Å². The van der Waals surface area contributed by atoms with Crippen LogP contribution in [0.15, 0.2) is 34.6 Å². The monoisotopic (exact) mass is 246 g/mol. The number of hydrogen-bond donors (Lipinski definition) is 0. The zero-order chi connectivity index (χ0) is 13.0. The van der Waals surface area contributed by atoms with Crippen LogP contribution < -0.4 is 0 Å². The lowest BCUT2D eigenvalue weighted by molar-refractivity contribution is 0.101. The minimum atomic E-state index is 0.0672. The Bertz CT molecular complexity index is 433. The second-order valence-electron chi connectivity index (χ2n) is 4.55. The van der Waals surface area contributed by atoms with Crippen molar-refractivity contribution in [2.75, 3.05) is 33.2 Å². The Morgan fingerprint density at radius 3 is 2.28 bits per heavy atom. The van der Waals surface area contributed by atoms with E-state index in [4.69, 9.17) is 0 Å². The molecular weight excluding hydrogens is 228 g/mol. The molecule has 1 aliphatic heterocycles. The maximum atomic E-state index is 11.1. The molecule has 1 aromatic carbocycles. The van der Waals surface area contributed by atoms with Gasteiger partial charge in [0, 0.05) is 18.7 Å². The summed E-state index contributed by atoms with van der Waals surface area (Å²) < 4.78 is 0. The third-order valence-electron chi connectivity index (χ3n) is 3.04. The molecule has 0 aromatic heterocycles. The van der Waals surface area contributed by atoms with E-state index in [1.807, 2.05) is 17.1 Å². The van der Waals surface area contributed by atoms with Crippen LogP contribution in [0, 0.1) is 0 Å². The molecule has 0 saturated carbocycles. The standard InChI is InChI=1S/C13H18N4O/c1-11(18)12-3-5-13(6-4-12)14-15-17-9-7-16(2)8-10-17/h3-6H,7-10H2,1-2H3. The van der Waals surface area contributed by atoms with Gasteiger partial charge in [0.05, 0.1) is 18.8 Å². The molecule has 1 fully saturated rings. The molecule has 5 nitrogen and oxygen atoms in total. The highest BCUT2D eigenvalue weighted by Gasteiger charge is 2.11. The van der Waals surface area contributed by atoms with Crippen molar-refractivity contribution in [1.29, 1.82) is 0 Å². The first-order valence-corrected chi connectivity index (χ1v) is 6.11. The van der Waals surface area contributed by atoms with E-state index in [1.54, 1.807) is 19.1 Å². The lowest BCUT2D eigenvalue weighted by Crippen LogP contribution is -2.41. The van der Waals surface area contributed by atoms with E-state index in [0.717, 1.165) is 31.9 Å². The van der Waals surface area contributed by atoms with Crippen LogP contribution >= 0.6 is 0 Å². The highest BCUT2D eigenvalue weighted by Crippen LogP contribution is 2.14. The zero-order valence-corrected chi connectivity index (χ0v) is 10.8. The van der Waals surface area contributed by atoms with E-state index >= 15 is 0 Å². The highest BCUT2D eigenvalue weighted by molar-refractivity contribution is 5.94. The molecule has 5 heteroatoms. The van der Waals surface area contributed by atoms with Crippen molar-refractivity contribution in [3.63, 3.8) is 0 Å². The van der Waals surface area contributed by atoms with Crippen LogP contribution in [0.3, 0.4) is 0 Å². The number of nitrogens with zero attached hydrogens (tertiary/aromatic N) is 4. The predicted molar refractivity (Wildman–Crippen MR) is 70.0 cm³/mol. The zero-order valence-electron chi connectivity index (χ0n) is 10.8. The number of piperazine rings is 1. The molecule has 0 bridgehead atoms. The number of ketones is 1. The number of likely N-dealkylation sites (N-methyl/N-ethyl adjacent to an activating group) is 1. The predicted octanol–water partition coefficient (Wildman–Crippen LogP) is 2.14. The summed E-state index contributed by atoms with van der Waals surface area (Å²) in [6.45, 7) is 5.41. The Balaban J connectivity index is 1.94. The van der Waals surface area contributed by atoms with Gasteiger partial charge in [-0.05, 0) is 38.2 Å². The number of carbonyl (C=O) groups is 1. The lowest BCUT2D eigenvalue weighted by Gasteiger charge is -2.29. The molecule has 0 amide bonds. The van der Waals surface area contributed by atoms with Gasteiger partial charge in [-0.15, -0.1) is 5.11 Å². The fraction of sp³-hybridized carbons (Fsp3) is 0.462. The molecule has 96 valence electrons. The molecule has 0 N–H and O–H groups in total. The average Bonchev–Trinajstić information content (AvgIpc) is 2.38. The summed E-state index contributed by atoms with van der Waals surface area (Å²) in [6, 6.07) is 7.19. The Labute approximate surface area is 107 Å². The van der Waals surface area contributed by atoms with E-state index in [1.165, 1.54) is 0 Å². The van der Waals surface area contributed by atoms with Crippen LogP contribution in [0.1, 0.15) is 17.3 Å². The number of rotatable bonds is 3. The molecule has 0 unspecified atom stereocenters. The SMILES string of the molecule is CC(=O)c1ccc(N=NN2CCN(C)CC2)cc1. The van der Waals surface area contributed by atoms with E-state index in [2.05, 4.69) is 22.3 Å². The quantitative estimate of drug-likeness (QED) is 0.606. The third kappa shape index (κ3) is 3.37. The van der Waals surface area contributed by atoms with Gasteiger partial charge in [0.2, 0.25) is 0 Å². The largest absolute Gasteiger partial charge is 0.303 e. The first kappa shape index (κ1) is 12.7. The number of Topliss-reactive ketones (excluding diaryl/α,β-unsaturated/α-hetero) is 1. The second kappa shape index (κ2) is 5.73. The van der Waals surface area contributed by atoms with Gasteiger partial charge in [-0.2, -0.15) is 0 Å². The van der Waals surface area contributed by atoms with Crippen LogP contribution in [-0.4, -0.2) is 48.9 Å². The summed E-state index contributed by atoms with van der Waals surface area (Å²) >= 11 is 0. The molecule has 1 saturated heterocycles. The van der Waals surface area contributed by atoms with E-state index in [-0.39, 0.29) is 5.78 Å². The molecule has 0 aliphatic carbocycles. The first-order chi connectivity index (χ1) is 8.65. The van der Waals surface area contributed by atoms with Crippen molar-refractivity contribution in [2.45, 2.75) is 6.92 Å². The molecule has 0 radical (unpaired) electrons. The Morgan fingerprint density at radius 1 is 1.11 bits per heavy atom. The number of carbonyl (C=O) groups excluding carboxylic acids is 1. The van der Waals surface area contributed by atoms with Gasteiger partial charge in [0.15, 0.2) is 5.78 Å². The first-order valence-electron chi connectivity index (χ1n) is 6.11. The molecule has 18 heavy (non-hydrogen) atoms. The topological polar surface area (TPSA) is 48.3 Å². The molecule has 1 aliphatic rings. The van der Waals surface area contributed by atoms with Crippen LogP contribution in [0.2, 0.25) is 0 Å². The Kier molecular flexibility index (Phi) is 4.04. The van der Waals surface area contributed by atoms with Gasteiger partial charge < -0.3 is 4.90 Å². The molecular formula is C13H18N4O. The number of hydrogen-bond acceptors (Lipinski definition) is 4. The van der Waals surface area contributed by atoms with Crippen LogP contribution in [0.25, 0.3) is 0 Å². The smallest absolute Gasteiger partial charge is 0.159 e. The van der Waals surface area contributed by atoms with Gasteiger partial charge in [-0.3, -0.25) is 9.80 Å². The van der Waals surface area contributed by atoms with Crippen molar-refractivity contribution < 1.29 is 4.79 Å². The molecule has 1 heterocycles. The minimum Gasteiger partial charge on any atom is -0.303 e. The summed E-state index contributed by atoms with van der Waals surface area (Å²) in [6.07, 6.45) is 0. The second-order valence-corrected chi connectivity index (χ2v) is 4.55. The lowest BCUT2D eigenvalue weighted by atomic mass is 10.1. The van der Waals surface area contributed by atoms with Gasteiger partial charge in [0.1, 0.15) is 0 Å². The maximum absolute atomic E-state index is 11.1. The normalized spacial score (nSPS) is 17.3. The van der Waals surface area contributed by atoms with Crippen molar-refractivity contribution in [2.24, 2.45) is 10.3 Å². The van der Waals surface area contributed by atoms with Gasteiger partial charge in [-0.25, -0.2) is 0 Å². The molecule has 0 atom stereocenters. The third-order valence-corrected chi connectivity index (χ3v) is 3.04. The van der Waals surface area contributed by atoms with Gasteiger partial charge >= 0.3 is 0 Å².